The first-order chi connectivity index (χ1) is 14.1. The average molecular weight is 472 g/mol. The minimum atomic E-state index is -3.16. The zero-order valence-electron chi connectivity index (χ0n) is 15.7. The molecule has 0 spiro atoms. The number of amides is 1. The summed E-state index contributed by atoms with van der Waals surface area (Å²) in [6.07, 6.45) is 0.306. The number of nitro benzene ring substituents is 1. The predicted molar refractivity (Wildman–Crippen MR) is 110 cm³/mol. The van der Waals surface area contributed by atoms with E-state index in [1.165, 1.54) is 23.5 Å². The molecule has 1 fully saturated rings. The lowest BCUT2D eigenvalue weighted by atomic mass is 10.2. The normalized spacial score (nSPS) is 17.4. The van der Waals surface area contributed by atoms with Crippen molar-refractivity contribution in [3.8, 4) is 0 Å². The molecule has 2 heterocycles. The van der Waals surface area contributed by atoms with E-state index in [9.17, 15) is 28.1 Å². The van der Waals surface area contributed by atoms with Gasteiger partial charge in [0.25, 0.3) is 11.6 Å². The maximum Gasteiger partial charge on any atom is 0.340 e. The van der Waals surface area contributed by atoms with Gasteiger partial charge in [0, 0.05) is 34.1 Å². The number of ether oxygens (including phenoxy) is 1. The fraction of sp³-hybridized carbons (Fsp3) is 0.353. The van der Waals surface area contributed by atoms with E-state index in [1.54, 1.807) is 0 Å². The van der Waals surface area contributed by atoms with Crippen LogP contribution in [0.1, 0.15) is 22.5 Å². The summed E-state index contributed by atoms with van der Waals surface area (Å²) in [7, 11) is -3.16. The third-order valence-electron chi connectivity index (χ3n) is 4.12. The zero-order valence-corrected chi connectivity index (χ0v) is 18.1. The van der Waals surface area contributed by atoms with Gasteiger partial charge in [-0.15, -0.1) is 11.3 Å². The van der Waals surface area contributed by atoms with Gasteiger partial charge in [-0.3, -0.25) is 14.9 Å². The minimum absolute atomic E-state index is 0.00221. The lowest BCUT2D eigenvalue weighted by molar-refractivity contribution is -0.384. The van der Waals surface area contributed by atoms with Crippen molar-refractivity contribution in [2.45, 2.75) is 28.6 Å². The van der Waals surface area contributed by atoms with Gasteiger partial charge in [-0.05, 0) is 19.4 Å². The molecule has 1 atom stereocenters. The minimum Gasteiger partial charge on any atom is -0.452 e. The van der Waals surface area contributed by atoms with Crippen LogP contribution in [0.25, 0.3) is 0 Å². The topological polar surface area (TPSA) is 146 Å². The number of hydrogen-bond acceptors (Lipinski definition) is 10. The summed E-state index contributed by atoms with van der Waals surface area (Å²) >= 11 is 2.52. The number of esters is 1. The summed E-state index contributed by atoms with van der Waals surface area (Å²) in [5.41, 5.74) is 0.458. The Bertz CT molecular complexity index is 1100. The Kier molecular flexibility index (Phi) is 6.73. The lowest BCUT2D eigenvalue weighted by Gasteiger charge is -2.12. The van der Waals surface area contributed by atoms with Crippen LogP contribution in [-0.2, 0) is 19.4 Å². The second-order valence-corrected chi connectivity index (χ2v) is 10.9. The summed E-state index contributed by atoms with van der Waals surface area (Å²) < 4.78 is 28.6. The van der Waals surface area contributed by atoms with E-state index in [2.05, 4.69) is 10.3 Å². The Balaban J connectivity index is 1.69. The van der Waals surface area contributed by atoms with Gasteiger partial charge in [0.15, 0.2) is 20.8 Å². The van der Waals surface area contributed by atoms with Crippen LogP contribution in [0.4, 0.5) is 5.69 Å². The number of aryl methyl sites for hydroxylation is 1. The van der Waals surface area contributed by atoms with Crippen LogP contribution < -0.4 is 5.32 Å². The number of rotatable bonds is 7. The van der Waals surface area contributed by atoms with Crippen molar-refractivity contribution in [1.29, 1.82) is 0 Å². The molecule has 0 radical (unpaired) electrons. The van der Waals surface area contributed by atoms with Gasteiger partial charge in [-0.1, -0.05) is 11.8 Å². The van der Waals surface area contributed by atoms with Crippen LogP contribution in [0.5, 0.6) is 0 Å². The SMILES string of the molecule is Cc1csc(Sc2ccc([N+](=O)[O-])cc2C(=O)OCC(=O)NC2CCS(=O)(=O)C2)n1. The molecule has 1 aliphatic heterocycles. The third-order valence-corrected chi connectivity index (χ3v) is 8.02. The van der Waals surface area contributed by atoms with Crippen molar-refractivity contribution < 1.29 is 27.7 Å². The Morgan fingerprint density at radius 2 is 2.20 bits per heavy atom. The van der Waals surface area contributed by atoms with Gasteiger partial charge in [-0.25, -0.2) is 18.2 Å². The molecule has 2 aromatic rings. The molecule has 1 aromatic carbocycles. The van der Waals surface area contributed by atoms with E-state index >= 15 is 0 Å². The van der Waals surface area contributed by atoms with Crippen molar-refractivity contribution >= 4 is 50.5 Å². The summed E-state index contributed by atoms with van der Waals surface area (Å²) in [4.78, 5) is 39.7. The highest BCUT2D eigenvalue weighted by Gasteiger charge is 2.29. The zero-order chi connectivity index (χ0) is 21.9. The van der Waals surface area contributed by atoms with E-state index in [1.807, 2.05) is 12.3 Å². The molecular formula is C17H17N3O7S3. The molecule has 1 amide bonds. The quantitative estimate of drug-likeness (QED) is 0.364. The first kappa shape index (κ1) is 22.2. The molecule has 1 saturated heterocycles. The highest BCUT2D eigenvalue weighted by Crippen LogP contribution is 2.34. The summed E-state index contributed by atoms with van der Waals surface area (Å²) in [5, 5.41) is 15.4. The van der Waals surface area contributed by atoms with Crippen molar-refractivity contribution in [2.75, 3.05) is 18.1 Å². The van der Waals surface area contributed by atoms with Crippen LogP contribution in [0.15, 0.2) is 32.8 Å². The standard InChI is InChI=1S/C17H17N3O7S3/c1-10-8-28-17(18-10)29-14-3-2-12(20(23)24)6-13(14)16(22)27-7-15(21)19-11-4-5-30(25,26)9-11/h2-3,6,8,11H,4-5,7,9H2,1H3,(H,19,21). The number of aromatic nitrogens is 1. The number of hydrogen-bond donors (Lipinski definition) is 1. The molecule has 10 nitrogen and oxygen atoms in total. The number of sulfone groups is 1. The van der Waals surface area contributed by atoms with Crippen LogP contribution in [-0.4, -0.2) is 54.4 Å². The highest BCUT2D eigenvalue weighted by molar-refractivity contribution is 8.01. The number of thiazole rings is 1. The van der Waals surface area contributed by atoms with Gasteiger partial charge in [0.2, 0.25) is 0 Å². The number of carbonyl (C=O) groups is 2. The second kappa shape index (κ2) is 9.10. The number of benzene rings is 1. The van der Waals surface area contributed by atoms with E-state index in [4.69, 9.17) is 4.74 Å². The highest BCUT2D eigenvalue weighted by atomic mass is 32.2. The summed E-state index contributed by atoms with van der Waals surface area (Å²) in [6.45, 7) is 1.19. The predicted octanol–water partition coefficient (Wildman–Crippen LogP) is 1.97. The molecule has 1 aromatic heterocycles. The third kappa shape index (κ3) is 5.77. The monoisotopic (exact) mass is 471 g/mol. The van der Waals surface area contributed by atoms with Crippen LogP contribution in [0, 0.1) is 17.0 Å². The molecule has 3 rings (SSSR count). The van der Waals surface area contributed by atoms with Gasteiger partial charge in [0.05, 0.1) is 22.0 Å². The smallest absolute Gasteiger partial charge is 0.340 e. The Morgan fingerprint density at radius 3 is 2.80 bits per heavy atom. The Hall–Kier alpha value is -2.51. The van der Waals surface area contributed by atoms with Gasteiger partial charge in [-0.2, -0.15) is 0 Å². The Morgan fingerprint density at radius 1 is 1.43 bits per heavy atom. The first-order valence-electron chi connectivity index (χ1n) is 8.68. The van der Waals surface area contributed by atoms with E-state index < -0.39 is 39.3 Å². The first-order valence-corrected chi connectivity index (χ1v) is 12.2. The molecule has 0 aliphatic carbocycles. The van der Waals surface area contributed by atoms with E-state index in [0.29, 0.717) is 15.7 Å². The number of nitro groups is 1. The van der Waals surface area contributed by atoms with Gasteiger partial charge >= 0.3 is 5.97 Å². The second-order valence-electron chi connectivity index (χ2n) is 6.54. The average Bonchev–Trinajstić information content (AvgIpc) is 3.24. The largest absolute Gasteiger partial charge is 0.452 e. The number of non-ortho nitro benzene ring substituents is 1. The molecule has 160 valence electrons. The molecule has 1 aliphatic rings. The number of carbonyl (C=O) groups excluding carboxylic acids is 2. The maximum atomic E-state index is 12.5. The lowest BCUT2D eigenvalue weighted by Crippen LogP contribution is -2.38. The molecule has 0 bridgehead atoms. The van der Waals surface area contributed by atoms with Gasteiger partial charge < -0.3 is 10.1 Å². The van der Waals surface area contributed by atoms with E-state index in [-0.39, 0.29) is 22.8 Å². The molecule has 1 N–H and O–H groups in total. The van der Waals surface area contributed by atoms with E-state index in [0.717, 1.165) is 23.5 Å². The van der Waals surface area contributed by atoms with Crippen LogP contribution in [0.2, 0.25) is 0 Å². The van der Waals surface area contributed by atoms with Crippen molar-refractivity contribution in [1.82, 2.24) is 10.3 Å². The molecule has 1 unspecified atom stereocenters. The van der Waals surface area contributed by atoms with Crippen LogP contribution >= 0.6 is 23.1 Å². The van der Waals surface area contributed by atoms with Gasteiger partial charge in [0.1, 0.15) is 0 Å². The van der Waals surface area contributed by atoms with Crippen molar-refractivity contribution in [3.05, 3.63) is 45.0 Å². The van der Waals surface area contributed by atoms with Crippen LogP contribution in [0.3, 0.4) is 0 Å². The fourth-order valence-corrected chi connectivity index (χ4v) is 6.31. The van der Waals surface area contributed by atoms with Crippen molar-refractivity contribution in [2.24, 2.45) is 0 Å². The molecule has 13 heteroatoms. The Labute approximate surface area is 180 Å². The number of nitrogens with zero attached hydrogens (tertiary/aromatic N) is 2. The summed E-state index contributed by atoms with van der Waals surface area (Å²) in [5.74, 6) is -1.68. The molecule has 0 saturated carbocycles. The van der Waals surface area contributed by atoms with Crippen molar-refractivity contribution in [3.63, 3.8) is 0 Å². The molecule has 30 heavy (non-hydrogen) atoms. The molecular weight excluding hydrogens is 454 g/mol. The maximum absolute atomic E-state index is 12.5. The fourth-order valence-electron chi connectivity index (χ4n) is 2.74. The number of nitrogens with one attached hydrogen (secondary N) is 1. The summed E-state index contributed by atoms with van der Waals surface area (Å²) in [6, 6.07) is 3.28.